The Morgan fingerprint density at radius 1 is 1.05 bits per heavy atom. The van der Waals surface area contributed by atoms with Crippen LogP contribution in [-0.2, 0) is 4.79 Å². The van der Waals surface area contributed by atoms with Gasteiger partial charge in [-0.1, -0.05) is 46.3 Å². The van der Waals surface area contributed by atoms with Crippen LogP contribution in [0.1, 0.15) is 18.1 Å². The van der Waals surface area contributed by atoms with Crippen molar-refractivity contribution in [2.75, 3.05) is 5.01 Å². The Kier molecular flexibility index (Phi) is 3.94. The molecule has 0 aliphatic carbocycles. The van der Waals surface area contributed by atoms with Crippen LogP contribution in [0.2, 0.25) is 0 Å². The number of anilines is 1. The molecule has 1 heterocycles. The molecule has 3 rings (SSSR count). The van der Waals surface area contributed by atoms with Crippen molar-refractivity contribution in [3.05, 3.63) is 69.7 Å². The fourth-order valence-corrected chi connectivity index (χ4v) is 2.64. The van der Waals surface area contributed by atoms with Gasteiger partial charge >= 0.3 is 0 Å². The van der Waals surface area contributed by atoms with E-state index in [4.69, 9.17) is 0 Å². The average molecular weight is 355 g/mol. The molecule has 4 heteroatoms. The van der Waals surface area contributed by atoms with E-state index in [2.05, 4.69) is 21.0 Å². The molecule has 22 heavy (non-hydrogen) atoms. The number of hydrazone groups is 1. The van der Waals surface area contributed by atoms with Crippen molar-refractivity contribution in [1.29, 1.82) is 0 Å². The number of aryl methyl sites for hydroxylation is 1. The van der Waals surface area contributed by atoms with Gasteiger partial charge in [0.2, 0.25) is 0 Å². The standard InChI is InChI=1S/C18H15BrN2O/c1-12-5-3-4-6-17(12)21-18(22)16(13(2)20-21)11-14-7-9-15(19)10-8-14/h3-11H,1-2H3. The van der Waals surface area contributed by atoms with Gasteiger partial charge < -0.3 is 0 Å². The molecule has 2 aromatic carbocycles. The second-order valence-corrected chi connectivity index (χ2v) is 6.11. The van der Waals surface area contributed by atoms with E-state index in [0.29, 0.717) is 5.57 Å². The van der Waals surface area contributed by atoms with E-state index < -0.39 is 0 Å². The van der Waals surface area contributed by atoms with Crippen LogP contribution in [0.4, 0.5) is 5.69 Å². The van der Waals surface area contributed by atoms with Gasteiger partial charge in [0.1, 0.15) is 0 Å². The van der Waals surface area contributed by atoms with Crippen molar-refractivity contribution in [2.45, 2.75) is 13.8 Å². The summed E-state index contributed by atoms with van der Waals surface area (Å²) in [5.74, 6) is -0.0882. The fourth-order valence-electron chi connectivity index (χ4n) is 2.37. The third-order valence-electron chi connectivity index (χ3n) is 3.59. The first kappa shape index (κ1) is 14.7. The van der Waals surface area contributed by atoms with E-state index in [-0.39, 0.29) is 5.91 Å². The molecule has 110 valence electrons. The van der Waals surface area contributed by atoms with Gasteiger partial charge in [0.15, 0.2) is 0 Å². The fraction of sp³-hybridized carbons (Fsp3) is 0.111. The summed E-state index contributed by atoms with van der Waals surface area (Å²) in [6, 6.07) is 15.6. The summed E-state index contributed by atoms with van der Waals surface area (Å²) in [4.78, 5) is 12.7. The highest BCUT2D eigenvalue weighted by Gasteiger charge is 2.29. The Hall–Kier alpha value is -2.20. The van der Waals surface area contributed by atoms with E-state index in [1.807, 2.05) is 68.5 Å². The number of carbonyl (C=O) groups excluding carboxylic acids is 1. The Morgan fingerprint density at radius 3 is 2.41 bits per heavy atom. The maximum atomic E-state index is 12.7. The third-order valence-corrected chi connectivity index (χ3v) is 4.12. The second-order valence-electron chi connectivity index (χ2n) is 5.20. The van der Waals surface area contributed by atoms with E-state index in [0.717, 1.165) is 27.0 Å². The van der Waals surface area contributed by atoms with Crippen molar-refractivity contribution in [2.24, 2.45) is 5.10 Å². The molecule has 3 nitrogen and oxygen atoms in total. The van der Waals surface area contributed by atoms with Gasteiger partial charge in [-0.3, -0.25) is 4.79 Å². The maximum absolute atomic E-state index is 12.7. The van der Waals surface area contributed by atoms with Crippen LogP contribution in [0, 0.1) is 6.92 Å². The Balaban J connectivity index is 1.97. The predicted molar refractivity (Wildman–Crippen MR) is 93.9 cm³/mol. The molecule has 0 spiro atoms. The minimum atomic E-state index is -0.0882. The Bertz CT molecular complexity index is 791. The molecule has 0 saturated carbocycles. The lowest BCUT2D eigenvalue weighted by molar-refractivity contribution is -0.114. The van der Waals surface area contributed by atoms with Gasteiger partial charge in [-0.2, -0.15) is 10.1 Å². The molecule has 1 amide bonds. The molecule has 0 unspecified atom stereocenters. The van der Waals surface area contributed by atoms with Gasteiger partial charge in [-0.05, 0) is 49.2 Å². The third kappa shape index (κ3) is 2.74. The first-order chi connectivity index (χ1) is 10.6. The van der Waals surface area contributed by atoms with Crippen LogP contribution in [0.25, 0.3) is 6.08 Å². The minimum Gasteiger partial charge on any atom is -0.267 e. The summed E-state index contributed by atoms with van der Waals surface area (Å²) in [5.41, 5.74) is 4.19. The van der Waals surface area contributed by atoms with E-state index in [1.165, 1.54) is 5.01 Å². The highest BCUT2D eigenvalue weighted by atomic mass is 79.9. The lowest BCUT2D eigenvalue weighted by atomic mass is 10.1. The largest absolute Gasteiger partial charge is 0.280 e. The van der Waals surface area contributed by atoms with Crippen molar-refractivity contribution in [3.8, 4) is 0 Å². The number of hydrogen-bond donors (Lipinski definition) is 0. The Labute approximate surface area is 138 Å². The summed E-state index contributed by atoms with van der Waals surface area (Å²) in [5, 5.41) is 5.90. The number of benzene rings is 2. The van der Waals surface area contributed by atoms with Gasteiger partial charge in [0, 0.05) is 4.47 Å². The van der Waals surface area contributed by atoms with Crippen LogP contribution in [-0.4, -0.2) is 11.6 Å². The molecule has 0 N–H and O–H groups in total. The van der Waals surface area contributed by atoms with Crippen LogP contribution < -0.4 is 5.01 Å². The predicted octanol–water partition coefficient (Wildman–Crippen LogP) is 4.56. The molecule has 0 atom stereocenters. The highest BCUT2D eigenvalue weighted by Crippen LogP contribution is 2.27. The summed E-state index contributed by atoms with van der Waals surface area (Å²) < 4.78 is 1.01. The summed E-state index contributed by atoms with van der Waals surface area (Å²) >= 11 is 3.41. The molecular formula is C18H15BrN2O. The first-order valence-corrected chi connectivity index (χ1v) is 7.78. The molecular weight excluding hydrogens is 340 g/mol. The van der Waals surface area contributed by atoms with E-state index in [1.54, 1.807) is 0 Å². The monoisotopic (exact) mass is 354 g/mol. The van der Waals surface area contributed by atoms with Crippen LogP contribution in [0.5, 0.6) is 0 Å². The van der Waals surface area contributed by atoms with E-state index in [9.17, 15) is 4.79 Å². The van der Waals surface area contributed by atoms with Crippen molar-refractivity contribution in [1.82, 2.24) is 0 Å². The van der Waals surface area contributed by atoms with Crippen molar-refractivity contribution >= 4 is 39.3 Å². The molecule has 0 fully saturated rings. The normalized spacial score (nSPS) is 16.3. The zero-order chi connectivity index (χ0) is 15.7. The SMILES string of the molecule is CC1=NN(c2ccccc2C)C(=O)C1=Cc1ccc(Br)cc1. The smallest absolute Gasteiger partial charge is 0.267 e. The van der Waals surface area contributed by atoms with Crippen LogP contribution >= 0.6 is 15.9 Å². The van der Waals surface area contributed by atoms with Crippen molar-refractivity contribution in [3.63, 3.8) is 0 Å². The van der Waals surface area contributed by atoms with E-state index >= 15 is 0 Å². The summed E-state index contributed by atoms with van der Waals surface area (Å²) in [6.07, 6.45) is 1.88. The molecule has 0 saturated heterocycles. The summed E-state index contributed by atoms with van der Waals surface area (Å²) in [6.45, 7) is 3.84. The van der Waals surface area contributed by atoms with Gasteiger partial charge in [-0.25, -0.2) is 0 Å². The van der Waals surface area contributed by atoms with Gasteiger partial charge in [0.05, 0.1) is 17.0 Å². The second kappa shape index (κ2) is 5.89. The average Bonchev–Trinajstić information content (AvgIpc) is 2.78. The molecule has 0 bridgehead atoms. The zero-order valence-corrected chi connectivity index (χ0v) is 14.0. The zero-order valence-electron chi connectivity index (χ0n) is 12.4. The van der Waals surface area contributed by atoms with Crippen LogP contribution in [0.3, 0.4) is 0 Å². The molecule has 1 aliphatic heterocycles. The number of halogens is 1. The molecule has 0 aromatic heterocycles. The molecule has 0 radical (unpaired) electrons. The molecule has 1 aliphatic rings. The number of carbonyl (C=O) groups is 1. The minimum absolute atomic E-state index is 0.0882. The lowest BCUT2D eigenvalue weighted by Crippen LogP contribution is -2.22. The number of hydrogen-bond acceptors (Lipinski definition) is 2. The first-order valence-electron chi connectivity index (χ1n) is 6.99. The van der Waals surface area contributed by atoms with Gasteiger partial charge in [0.25, 0.3) is 5.91 Å². The van der Waals surface area contributed by atoms with Crippen molar-refractivity contribution < 1.29 is 4.79 Å². The number of amides is 1. The number of para-hydroxylation sites is 1. The summed E-state index contributed by atoms with van der Waals surface area (Å²) in [7, 11) is 0. The molecule has 2 aromatic rings. The van der Waals surface area contributed by atoms with Gasteiger partial charge in [-0.15, -0.1) is 0 Å². The maximum Gasteiger partial charge on any atom is 0.280 e. The number of nitrogens with zero attached hydrogens (tertiary/aromatic N) is 2. The van der Waals surface area contributed by atoms with Crippen LogP contribution in [0.15, 0.2) is 63.7 Å². The Morgan fingerprint density at radius 2 is 1.73 bits per heavy atom. The lowest BCUT2D eigenvalue weighted by Gasteiger charge is -2.14. The number of rotatable bonds is 2. The highest BCUT2D eigenvalue weighted by molar-refractivity contribution is 9.10. The topological polar surface area (TPSA) is 32.7 Å². The quantitative estimate of drug-likeness (QED) is 0.727.